The molecule has 0 fully saturated rings. The van der Waals surface area contributed by atoms with E-state index in [0.717, 1.165) is 6.54 Å². The highest BCUT2D eigenvalue weighted by Gasteiger charge is 2.21. The fourth-order valence-corrected chi connectivity index (χ4v) is 3.00. The molecule has 1 aliphatic rings. The minimum Gasteiger partial charge on any atom is -0.277 e. The first-order chi connectivity index (χ1) is 9.66. The van der Waals surface area contributed by atoms with Crippen LogP contribution in [0.5, 0.6) is 0 Å². The Morgan fingerprint density at radius 3 is 2.20 bits per heavy atom. The summed E-state index contributed by atoms with van der Waals surface area (Å²) >= 11 is 0. The van der Waals surface area contributed by atoms with Crippen LogP contribution >= 0.6 is 0 Å². The smallest absolute Gasteiger partial charge is 0.0640 e. The lowest BCUT2D eigenvalue weighted by molar-refractivity contribution is 0.910. The van der Waals surface area contributed by atoms with Crippen LogP contribution in [0.2, 0.25) is 0 Å². The zero-order valence-corrected chi connectivity index (χ0v) is 12.3. The van der Waals surface area contributed by atoms with Crippen LogP contribution in [0.3, 0.4) is 0 Å². The Labute approximate surface area is 120 Å². The summed E-state index contributed by atoms with van der Waals surface area (Å²) in [6, 6.07) is 15.0. The Kier molecular flexibility index (Phi) is 3.23. The number of benzene rings is 2. The van der Waals surface area contributed by atoms with Gasteiger partial charge in [-0.3, -0.25) is 10.0 Å². The zero-order chi connectivity index (χ0) is 14.1. The van der Waals surface area contributed by atoms with E-state index in [1.807, 2.05) is 0 Å². The minimum absolute atomic E-state index is 0.916. The summed E-state index contributed by atoms with van der Waals surface area (Å²) in [6.45, 7) is 7.45. The van der Waals surface area contributed by atoms with Crippen molar-refractivity contribution in [3.8, 4) is 0 Å². The van der Waals surface area contributed by atoms with E-state index in [1.54, 1.807) is 0 Å². The molecule has 0 N–H and O–H groups in total. The number of nitrogens with zero attached hydrogens (tertiary/aromatic N) is 2. The van der Waals surface area contributed by atoms with Gasteiger partial charge in [-0.25, -0.2) is 0 Å². The summed E-state index contributed by atoms with van der Waals surface area (Å²) in [7, 11) is 0. The van der Waals surface area contributed by atoms with Gasteiger partial charge in [-0.2, -0.15) is 0 Å². The molecule has 20 heavy (non-hydrogen) atoms. The van der Waals surface area contributed by atoms with Crippen molar-refractivity contribution in [3.63, 3.8) is 0 Å². The van der Waals surface area contributed by atoms with E-state index in [9.17, 15) is 0 Å². The molecule has 0 unspecified atom stereocenters. The number of hydrogen-bond donors (Lipinski definition) is 0. The first kappa shape index (κ1) is 12.8. The second-order valence-electron chi connectivity index (χ2n) is 5.39. The van der Waals surface area contributed by atoms with Crippen LogP contribution in [0.4, 0.5) is 11.4 Å². The minimum atomic E-state index is 0.916. The van der Waals surface area contributed by atoms with Gasteiger partial charge in [-0.05, 0) is 50.1 Å². The molecule has 102 valence electrons. The number of hydrazine groups is 1. The van der Waals surface area contributed by atoms with Gasteiger partial charge < -0.3 is 0 Å². The van der Waals surface area contributed by atoms with Crippen LogP contribution in [-0.2, 0) is 0 Å². The third-order valence-corrected chi connectivity index (χ3v) is 3.70. The molecule has 2 heteroatoms. The van der Waals surface area contributed by atoms with E-state index in [-0.39, 0.29) is 0 Å². The Hall–Kier alpha value is -2.22. The second kappa shape index (κ2) is 5.04. The summed E-state index contributed by atoms with van der Waals surface area (Å²) in [5.41, 5.74) is 6.48. The quantitative estimate of drug-likeness (QED) is 0.795. The van der Waals surface area contributed by atoms with Crippen LogP contribution in [-0.4, -0.2) is 6.54 Å². The van der Waals surface area contributed by atoms with Gasteiger partial charge in [0.1, 0.15) is 0 Å². The van der Waals surface area contributed by atoms with E-state index in [4.69, 9.17) is 0 Å². The van der Waals surface area contributed by atoms with Gasteiger partial charge in [-0.15, -0.1) is 0 Å². The van der Waals surface area contributed by atoms with Gasteiger partial charge in [0.25, 0.3) is 0 Å². The van der Waals surface area contributed by atoms with E-state index in [2.05, 4.69) is 85.5 Å². The summed E-state index contributed by atoms with van der Waals surface area (Å²) in [5, 5.41) is 4.56. The number of para-hydroxylation sites is 1. The number of hydrogen-bond acceptors (Lipinski definition) is 2. The van der Waals surface area contributed by atoms with E-state index in [0.29, 0.717) is 0 Å². The largest absolute Gasteiger partial charge is 0.277 e. The van der Waals surface area contributed by atoms with Crippen LogP contribution in [0.25, 0.3) is 0 Å². The van der Waals surface area contributed by atoms with Gasteiger partial charge in [-0.1, -0.05) is 35.9 Å². The normalized spacial score (nSPS) is 14.2. The van der Waals surface area contributed by atoms with Crippen molar-refractivity contribution in [1.29, 1.82) is 0 Å². The molecule has 0 saturated carbocycles. The average molecular weight is 264 g/mol. The Morgan fingerprint density at radius 1 is 0.900 bits per heavy atom. The van der Waals surface area contributed by atoms with Gasteiger partial charge in [0.15, 0.2) is 0 Å². The maximum Gasteiger partial charge on any atom is 0.0640 e. The van der Waals surface area contributed by atoms with Gasteiger partial charge >= 0.3 is 0 Å². The third-order valence-electron chi connectivity index (χ3n) is 3.70. The molecule has 2 nitrogen and oxygen atoms in total. The van der Waals surface area contributed by atoms with Gasteiger partial charge in [0, 0.05) is 6.20 Å². The molecular weight excluding hydrogens is 244 g/mol. The highest BCUT2D eigenvalue weighted by Crippen LogP contribution is 2.32. The highest BCUT2D eigenvalue weighted by molar-refractivity contribution is 5.68. The fraction of sp³-hybridized carbons (Fsp3) is 0.222. The summed E-state index contributed by atoms with van der Waals surface area (Å²) in [6.07, 6.45) is 4.35. The number of anilines is 2. The first-order valence-corrected chi connectivity index (χ1v) is 7.03. The van der Waals surface area contributed by atoms with Crippen molar-refractivity contribution in [2.75, 3.05) is 16.6 Å². The molecule has 0 amide bonds. The zero-order valence-electron chi connectivity index (χ0n) is 12.3. The lowest BCUT2D eigenvalue weighted by atomic mass is 10.0. The third kappa shape index (κ3) is 2.18. The van der Waals surface area contributed by atoms with Crippen LogP contribution < -0.4 is 10.0 Å². The van der Waals surface area contributed by atoms with Crippen molar-refractivity contribution in [3.05, 3.63) is 71.4 Å². The van der Waals surface area contributed by atoms with E-state index >= 15 is 0 Å². The van der Waals surface area contributed by atoms with Crippen molar-refractivity contribution in [2.45, 2.75) is 20.8 Å². The standard InChI is InChI=1S/C18H20N2/c1-14-12-15(2)18(16(3)13-14)20-11-7-10-19(20)17-8-5-4-6-9-17/h4-10,12-13H,11H2,1-3H3. The topological polar surface area (TPSA) is 6.48 Å². The lowest BCUT2D eigenvalue weighted by Gasteiger charge is -2.33. The second-order valence-corrected chi connectivity index (χ2v) is 5.39. The lowest BCUT2D eigenvalue weighted by Crippen LogP contribution is -2.36. The van der Waals surface area contributed by atoms with Crippen LogP contribution in [0, 0.1) is 20.8 Å². The fourth-order valence-electron chi connectivity index (χ4n) is 3.00. The predicted octanol–water partition coefficient (Wildman–Crippen LogP) is 4.37. The molecule has 0 aromatic heterocycles. The maximum atomic E-state index is 2.33. The molecule has 1 heterocycles. The molecule has 2 aromatic carbocycles. The number of aryl methyl sites for hydroxylation is 3. The first-order valence-electron chi connectivity index (χ1n) is 7.03. The van der Waals surface area contributed by atoms with Gasteiger partial charge in [0.2, 0.25) is 0 Å². The highest BCUT2D eigenvalue weighted by atomic mass is 15.6. The molecule has 0 aliphatic carbocycles. The maximum absolute atomic E-state index is 2.33. The average Bonchev–Trinajstić information content (AvgIpc) is 2.87. The Morgan fingerprint density at radius 2 is 1.55 bits per heavy atom. The molecule has 2 aromatic rings. The van der Waals surface area contributed by atoms with Crippen LogP contribution in [0.15, 0.2) is 54.7 Å². The molecule has 1 aliphatic heterocycles. The Bertz CT molecular complexity index is 621. The SMILES string of the molecule is Cc1cc(C)c(N2CC=CN2c2ccccc2)c(C)c1. The molecule has 0 spiro atoms. The molecule has 0 saturated heterocycles. The summed E-state index contributed by atoms with van der Waals surface area (Å²) < 4.78 is 0. The summed E-state index contributed by atoms with van der Waals surface area (Å²) in [4.78, 5) is 0. The van der Waals surface area contributed by atoms with Crippen molar-refractivity contribution < 1.29 is 0 Å². The molecule has 0 radical (unpaired) electrons. The Balaban J connectivity index is 2.03. The van der Waals surface area contributed by atoms with Crippen molar-refractivity contribution >= 4 is 11.4 Å². The molecular formula is C18H20N2. The van der Waals surface area contributed by atoms with Crippen molar-refractivity contribution in [2.24, 2.45) is 0 Å². The van der Waals surface area contributed by atoms with E-state index < -0.39 is 0 Å². The molecule has 3 rings (SSSR count). The van der Waals surface area contributed by atoms with Crippen molar-refractivity contribution in [1.82, 2.24) is 0 Å². The summed E-state index contributed by atoms with van der Waals surface area (Å²) in [5.74, 6) is 0. The molecule has 0 bridgehead atoms. The number of rotatable bonds is 2. The monoisotopic (exact) mass is 264 g/mol. The van der Waals surface area contributed by atoms with Gasteiger partial charge in [0.05, 0.1) is 17.9 Å². The van der Waals surface area contributed by atoms with Crippen LogP contribution in [0.1, 0.15) is 16.7 Å². The van der Waals surface area contributed by atoms with E-state index in [1.165, 1.54) is 28.1 Å². The predicted molar refractivity (Wildman–Crippen MR) is 86.1 cm³/mol. The molecule has 0 atom stereocenters.